The molecule has 0 amide bonds. The van der Waals surface area contributed by atoms with E-state index >= 15 is 0 Å². The van der Waals surface area contributed by atoms with E-state index in [1.54, 1.807) is 0 Å². The van der Waals surface area contributed by atoms with Crippen LogP contribution in [-0.2, 0) is 9.84 Å². The van der Waals surface area contributed by atoms with Gasteiger partial charge in [-0.1, -0.05) is 24.3 Å². The van der Waals surface area contributed by atoms with Crippen LogP contribution in [0.25, 0.3) is 0 Å². The Bertz CT molecular complexity index is 857. The number of benzene rings is 2. The number of rotatable bonds is 4. The van der Waals surface area contributed by atoms with E-state index in [0.717, 1.165) is 24.3 Å². The Morgan fingerprint density at radius 3 is 1.36 bits per heavy atom. The van der Waals surface area contributed by atoms with Crippen molar-refractivity contribution in [1.29, 1.82) is 5.41 Å². The van der Waals surface area contributed by atoms with Crippen LogP contribution in [0, 0.1) is 5.41 Å². The topological polar surface area (TPSA) is 185 Å². The Morgan fingerprint density at radius 1 is 0.800 bits per heavy atom. The normalized spacial score (nSPS) is 10.2. The van der Waals surface area contributed by atoms with Gasteiger partial charge in [0.25, 0.3) is 0 Å². The maximum Gasteiger partial charge on any atom is 0.337 e. The number of nitrogens with two attached hydrogens (primary N) is 2. The van der Waals surface area contributed by atoms with Gasteiger partial charge in [-0.05, 0) is 24.3 Å². The van der Waals surface area contributed by atoms with E-state index in [2.05, 4.69) is 11.5 Å². The Labute approximate surface area is 142 Å². The molecule has 9 nitrogen and oxygen atoms in total. The van der Waals surface area contributed by atoms with Crippen LogP contribution in [-0.4, -0.2) is 36.5 Å². The molecule has 0 aliphatic rings. The quantitative estimate of drug-likeness (QED) is 0.388. The number of sulfone groups is 1. The first-order chi connectivity index (χ1) is 11.6. The fourth-order valence-corrected chi connectivity index (χ4v) is 3.52. The summed E-state index contributed by atoms with van der Waals surface area (Å²) >= 11 is 0. The molecule has 2 rings (SSSR count). The van der Waals surface area contributed by atoms with E-state index in [-0.39, 0.29) is 5.96 Å². The van der Waals surface area contributed by atoms with Gasteiger partial charge in [0.2, 0.25) is 9.84 Å². The molecule has 0 bridgehead atoms. The largest absolute Gasteiger partial charge is 0.478 e. The SMILES string of the molecule is N=C(N)N.O=C(O)c1ccccc1S(=O)(=O)c1ccccc1C(=O)O. The number of carbonyl (C=O) groups is 2. The van der Waals surface area contributed by atoms with Gasteiger partial charge in [0.15, 0.2) is 5.96 Å². The number of guanidine groups is 1. The van der Waals surface area contributed by atoms with Gasteiger partial charge >= 0.3 is 11.9 Å². The molecule has 2 aromatic carbocycles. The molecule has 0 unspecified atom stereocenters. The van der Waals surface area contributed by atoms with Crippen LogP contribution in [0.2, 0.25) is 0 Å². The van der Waals surface area contributed by atoms with Crippen molar-refractivity contribution in [2.45, 2.75) is 9.79 Å². The van der Waals surface area contributed by atoms with E-state index in [9.17, 15) is 18.0 Å². The number of hydrogen-bond acceptors (Lipinski definition) is 5. The number of carboxylic acids is 2. The third-order valence-electron chi connectivity index (χ3n) is 2.81. The van der Waals surface area contributed by atoms with Crippen molar-refractivity contribution >= 4 is 27.7 Å². The number of hydrogen-bond donors (Lipinski definition) is 5. The molecule has 0 aliphatic carbocycles. The Balaban J connectivity index is 0.000000705. The number of nitrogens with one attached hydrogen (secondary N) is 1. The molecule has 0 spiro atoms. The second-order valence-electron chi connectivity index (χ2n) is 4.56. The highest BCUT2D eigenvalue weighted by Crippen LogP contribution is 2.26. The Morgan fingerprint density at radius 2 is 1.08 bits per heavy atom. The van der Waals surface area contributed by atoms with Crippen molar-refractivity contribution in [2.75, 3.05) is 0 Å². The summed E-state index contributed by atoms with van der Waals surface area (Å²) in [5.41, 5.74) is 8.13. The number of carboxylic acid groups (broad SMARTS) is 2. The summed E-state index contributed by atoms with van der Waals surface area (Å²) < 4.78 is 25.1. The van der Waals surface area contributed by atoms with Crippen LogP contribution >= 0.6 is 0 Å². The van der Waals surface area contributed by atoms with E-state index in [4.69, 9.17) is 15.6 Å². The van der Waals surface area contributed by atoms with Crippen molar-refractivity contribution in [3.05, 3.63) is 59.7 Å². The third kappa shape index (κ3) is 4.78. The molecular formula is C15H15N3O6S. The Hall–Kier alpha value is -3.40. The van der Waals surface area contributed by atoms with Gasteiger partial charge in [-0.3, -0.25) is 5.41 Å². The van der Waals surface area contributed by atoms with E-state index in [1.807, 2.05) is 0 Å². The second-order valence-corrected chi connectivity index (χ2v) is 6.45. The second kappa shape index (κ2) is 7.93. The van der Waals surface area contributed by atoms with Gasteiger partial charge in [0.05, 0.1) is 20.9 Å². The zero-order valence-corrected chi connectivity index (χ0v) is 13.5. The molecule has 10 heteroatoms. The molecule has 7 N–H and O–H groups in total. The smallest absolute Gasteiger partial charge is 0.337 e. The lowest BCUT2D eigenvalue weighted by molar-refractivity contribution is 0.0683. The summed E-state index contributed by atoms with van der Waals surface area (Å²) in [5.74, 6) is -3.14. The summed E-state index contributed by atoms with van der Waals surface area (Å²) in [7, 11) is -4.25. The maximum atomic E-state index is 12.6. The first-order valence-electron chi connectivity index (χ1n) is 6.58. The molecule has 0 saturated heterocycles. The first kappa shape index (κ1) is 19.6. The highest BCUT2D eigenvalue weighted by Gasteiger charge is 2.27. The first-order valence-corrected chi connectivity index (χ1v) is 8.06. The van der Waals surface area contributed by atoms with Gasteiger partial charge in [0.1, 0.15) is 0 Å². The lowest BCUT2D eigenvalue weighted by atomic mass is 10.2. The highest BCUT2D eigenvalue weighted by molar-refractivity contribution is 7.91. The standard InChI is InChI=1S/C14H10O6S.CH5N3/c15-13(16)9-5-1-3-7-11(9)21(19,20)12-8-4-2-6-10(12)14(17)18;2-1(3)4/h1-8H,(H,15,16)(H,17,18);(H5,2,3,4). The Kier molecular flexibility index (Phi) is 6.23. The fraction of sp³-hybridized carbons (Fsp3) is 0. The van der Waals surface area contributed by atoms with Crippen LogP contribution in [0.4, 0.5) is 0 Å². The van der Waals surface area contributed by atoms with Gasteiger partial charge in [0, 0.05) is 0 Å². The summed E-state index contributed by atoms with van der Waals surface area (Å²) in [6.45, 7) is 0. The number of aromatic carboxylic acids is 2. The lowest BCUT2D eigenvalue weighted by Crippen LogP contribution is -2.20. The molecule has 132 valence electrons. The minimum Gasteiger partial charge on any atom is -0.478 e. The van der Waals surface area contributed by atoms with Gasteiger partial charge in [-0.25, -0.2) is 18.0 Å². The van der Waals surface area contributed by atoms with E-state index in [1.165, 1.54) is 24.3 Å². The minimum atomic E-state index is -4.25. The maximum absolute atomic E-state index is 12.6. The molecule has 0 fully saturated rings. The average Bonchev–Trinajstić information content (AvgIpc) is 2.54. The predicted octanol–water partition coefficient (Wildman–Crippen LogP) is 0.754. The molecule has 0 heterocycles. The zero-order valence-electron chi connectivity index (χ0n) is 12.7. The summed E-state index contributed by atoms with van der Waals surface area (Å²) in [4.78, 5) is 21.4. The van der Waals surface area contributed by atoms with Crippen LogP contribution in [0.5, 0.6) is 0 Å². The minimum absolute atomic E-state index is 0.333. The summed E-state index contributed by atoms with van der Waals surface area (Å²) in [6.07, 6.45) is 0. The molecule has 0 saturated carbocycles. The summed E-state index contributed by atoms with van der Waals surface area (Å²) in [5, 5.41) is 24.2. The lowest BCUT2D eigenvalue weighted by Gasteiger charge is -2.10. The van der Waals surface area contributed by atoms with Crippen molar-refractivity contribution in [3.63, 3.8) is 0 Å². The van der Waals surface area contributed by atoms with Gasteiger partial charge in [-0.2, -0.15) is 0 Å². The molecule has 25 heavy (non-hydrogen) atoms. The molecule has 0 aliphatic heterocycles. The van der Waals surface area contributed by atoms with Crippen LogP contribution < -0.4 is 11.5 Å². The predicted molar refractivity (Wildman–Crippen MR) is 88.4 cm³/mol. The fourth-order valence-electron chi connectivity index (χ4n) is 1.87. The van der Waals surface area contributed by atoms with Crippen molar-refractivity contribution in [2.24, 2.45) is 11.5 Å². The highest BCUT2D eigenvalue weighted by atomic mass is 32.2. The van der Waals surface area contributed by atoms with E-state index < -0.39 is 42.7 Å². The monoisotopic (exact) mass is 365 g/mol. The molecule has 0 radical (unpaired) electrons. The molecule has 0 atom stereocenters. The van der Waals surface area contributed by atoms with E-state index in [0.29, 0.717) is 0 Å². The molecular weight excluding hydrogens is 350 g/mol. The summed E-state index contributed by atoms with van der Waals surface area (Å²) in [6, 6.07) is 10.1. The van der Waals surface area contributed by atoms with Crippen molar-refractivity contribution in [3.8, 4) is 0 Å². The van der Waals surface area contributed by atoms with Crippen LogP contribution in [0.15, 0.2) is 58.3 Å². The average molecular weight is 365 g/mol. The van der Waals surface area contributed by atoms with Gasteiger partial charge < -0.3 is 21.7 Å². The van der Waals surface area contributed by atoms with Crippen LogP contribution in [0.1, 0.15) is 20.7 Å². The molecule has 0 aromatic heterocycles. The van der Waals surface area contributed by atoms with Crippen molar-refractivity contribution < 1.29 is 28.2 Å². The zero-order chi connectivity index (χ0) is 19.2. The van der Waals surface area contributed by atoms with Gasteiger partial charge in [-0.15, -0.1) is 0 Å². The third-order valence-corrected chi connectivity index (χ3v) is 4.68. The van der Waals surface area contributed by atoms with Crippen LogP contribution in [0.3, 0.4) is 0 Å². The van der Waals surface area contributed by atoms with Crippen molar-refractivity contribution in [1.82, 2.24) is 0 Å². The molecule has 2 aromatic rings.